The van der Waals surface area contributed by atoms with Crippen molar-refractivity contribution in [3.8, 4) is 11.5 Å². The highest BCUT2D eigenvalue weighted by atomic mass is 35.5. The van der Waals surface area contributed by atoms with Gasteiger partial charge in [0, 0.05) is 21.7 Å². The van der Waals surface area contributed by atoms with Gasteiger partial charge in [-0.2, -0.15) is 0 Å². The van der Waals surface area contributed by atoms with E-state index in [0.717, 1.165) is 5.56 Å². The summed E-state index contributed by atoms with van der Waals surface area (Å²) in [6.07, 6.45) is 1.60. The molecule has 30 heavy (non-hydrogen) atoms. The fourth-order valence-electron chi connectivity index (χ4n) is 3.34. The van der Waals surface area contributed by atoms with Crippen molar-refractivity contribution in [2.45, 2.75) is 13.5 Å². The lowest BCUT2D eigenvalue weighted by molar-refractivity contribution is 0.0990. The summed E-state index contributed by atoms with van der Waals surface area (Å²) in [5.74, 6) is 0.584. The Bertz CT molecular complexity index is 1130. The summed E-state index contributed by atoms with van der Waals surface area (Å²) in [4.78, 5) is 25.2. The second-order valence-electron chi connectivity index (χ2n) is 6.78. The van der Waals surface area contributed by atoms with E-state index < -0.39 is 0 Å². The molecule has 0 heterocycles. The quantitative estimate of drug-likeness (QED) is 0.376. The topological polar surface area (TPSA) is 52.6 Å². The van der Waals surface area contributed by atoms with Crippen LogP contribution < -0.4 is 9.47 Å². The first-order valence-corrected chi connectivity index (χ1v) is 9.99. The van der Waals surface area contributed by atoms with Crippen molar-refractivity contribution in [1.29, 1.82) is 0 Å². The maximum Gasteiger partial charge on any atom is 0.197 e. The molecule has 4 rings (SSSR count). The summed E-state index contributed by atoms with van der Waals surface area (Å²) in [7, 11) is 0. The molecular weight excluding hydrogens is 400 g/mol. The third-order valence-electron chi connectivity index (χ3n) is 4.83. The summed E-state index contributed by atoms with van der Waals surface area (Å²) < 4.78 is 11.6. The number of benzene rings is 3. The van der Waals surface area contributed by atoms with Gasteiger partial charge in [-0.25, -0.2) is 0 Å². The third kappa shape index (κ3) is 3.87. The molecule has 0 atom stereocenters. The van der Waals surface area contributed by atoms with Crippen LogP contribution in [0, 0.1) is 0 Å². The number of ether oxygens (including phenoxy) is 2. The first kappa shape index (κ1) is 19.9. The van der Waals surface area contributed by atoms with E-state index in [0.29, 0.717) is 46.4 Å². The molecule has 1 aliphatic carbocycles. The monoisotopic (exact) mass is 418 g/mol. The van der Waals surface area contributed by atoms with Crippen LogP contribution >= 0.6 is 11.6 Å². The van der Waals surface area contributed by atoms with Gasteiger partial charge < -0.3 is 9.47 Å². The average molecular weight is 419 g/mol. The number of ketones is 2. The molecule has 3 aromatic rings. The highest BCUT2D eigenvalue weighted by molar-refractivity contribution is 6.41. The molecule has 1 aliphatic rings. The van der Waals surface area contributed by atoms with E-state index in [9.17, 15) is 9.59 Å². The van der Waals surface area contributed by atoms with E-state index in [1.165, 1.54) is 0 Å². The number of hydrogen-bond donors (Lipinski definition) is 0. The Labute approximate surface area is 179 Å². The molecule has 4 nitrogen and oxygen atoms in total. The number of carbonyl (C=O) groups is 2. The number of Topliss-reactive ketones (excluding diaryl/α,β-unsaturated/α-hetero) is 2. The Kier molecular flexibility index (Phi) is 5.68. The summed E-state index contributed by atoms with van der Waals surface area (Å²) >= 11 is 6.19. The molecule has 0 amide bonds. The maximum atomic E-state index is 12.6. The van der Waals surface area contributed by atoms with Crippen LogP contribution in [0.3, 0.4) is 0 Å². The molecule has 0 fully saturated rings. The van der Waals surface area contributed by atoms with Crippen molar-refractivity contribution < 1.29 is 19.1 Å². The number of hydrogen-bond acceptors (Lipinski definition) is 4. The van der Waals surface area contributed by atoms with Crippen molar-refractivity contribution in [2.75, 3.05) is 6.61 Å². The van der Waals surface area contributed by atoms with Crippen LogP contribution in [0.4, 0.5) is 0 Å². The van der Waals surface area contributed by atoms with Crippen molar-refractivity contribution in [3.05, 3.63) is 99.6 Å². The molecule has 0 bridgehead atoms. The minimum atomic E-state index is -0.257. The smallest absolute Gasteiger partial charge is 0.197 e. The minimum Gasteiger partial charge on any atom is -0.490 e. The van der Waals surface area contributed by atoms with Gasteiger partial charge in [0.2, 0.25) is 0 Å². The Morgan fingerprint density at radius 3 is 2.17 bits per heavy atom. The molecule has 150 valence electrons. The Morgan fingerprint density at radius 1 is 0.833 bits per heavy atom. The molecule has 0 saturated heterocycles. The van der Waals surface area contributed by atoms with E-state index in [4.69, 9.17) is 21.1 Å². The summed E-state index contributed by atoms with van der Waals surface area (Å²) in [6, 6.07) is 19.7. The Balaban J connectivity index is 1.61. The maximum absolute atomic E-state index is 12.6. The van der Waals surface area contributed by atoms with Crippen LogP contribution in [0.15, 0.2) is 72.3 Å². The van der Waals surface area contributed by atoms with Crippen LogP contribution in [0.25, 0.3) is 6.08 Å². The van der Waals surface area contributed by atoms with Crippen LogP contribution in [-0.4, -0.2) is 18.2 Å². The van der Waals surface area contributed by atoms with Gasteiger partial charge in [-0.15, -0.1) is 0 Å². The number of allylic oxidation sites excluding steroid dienone is 1. The molecular formula is C25H19ClO4. The van der Waals surface area contributed by atoms with Crippen LogP contribution in [0.1, 0.15) is 38.8 Å². The summed E-state index contributed by atoms with van der Waals surface area (Å²) in [6.45, 7) is 2.63. The van der Waals surface area contributed by atoms with E-state index in [1.807, 2.05) is 31.2 Å². The predicted octanol–water partition coefficient (Wildman–Crippen LogP) is 5.78. The predicted molar refractivity (Wildman–Crippen MR) is 116 cm³/mol. The lowest BCUT2D eigenvalue weighted by Crippen LogP contribution is -2.02. The second kappa shape index (κ2) is 8.56. The molecule has 0 unspecified atom stereocenters. The minimum absolute atomic E-state index is 0.156. The third-order valence-corrected chi connectivity index (χ3v) is 5.19. The number of carbonyl (C=O) groups excluding carboxylic acids is 2. The van der Waals surface area contributed by atoms with E-state index in [1.54, 1.807) is 48.5 Å². The highest BCUT2D eigenvalue weighted by Crippen LogP contribution is 2.33. The van der Waals surface area contributed by atoms with Gasteiger partial charge in [0.1, 0.15) is 6.61 Å². The van der Waals surface area contributed by atoms with Gasteiger partial charge >= 0.3 is 0 Å². The summed E-state index contributed by atoms with van der Waals surface area (Å²) in [5, 5.41) is 0.634. The van der Waals surface area contributed by atoms with Crippen molar-refractivity contribution in [2.24, 2.45) is 0 Å². The van der Waals surface area contributed by atoms with Crippen molar-refractivity contribution >= 4 is 29.2 Å². The largest absolute Gasteiger partial charge is 0.490 e. The molecule has 3 aromatic carbocycles. The fraction of sp³-hybridized carbons (Fsp3) is 0.120. The first-order valence-electron chi connectivity index (χ1n) is 9.61. The highest BCUT2D eigenvalue weighted by Gasteiger charge is 2.32. The fourth-order valence-corrected chi connectivity index (χ4v) is 3.53. The number of fused-ring (bicyclic) bond motifs is 1. The molecule has 0 aliphatic heterocycles. The van der Waals surface area contributed by atoms with Gasteiger partial charge in [-0.1, -0.05) is 60.1 Å². The molecule has 5 heteroatoms. The molecule has 0 radical (unpaired) electrons. The van der Waals surface area contributed by atoms with Crippen LogP contribution in [0.5, 0.6) is 11.5 Å². The van der Waals surface area contributed by atoms with Gasteiger partial charge in [-0.3, -0.25) is 9.59 Å². The zero-order valence-electron chi connectivity index (χ0n) is 16.4. The van der Waals surface area contributed by atoms with Gasteiger partial charge in [0.15, 0.2) is 23.1 Å². The SMILES string of the molecule is CCOc1cc(C=C2C(=O)c3ccccc3C2=O)ccc1OCc1ccccc1Cl. The van der Waals surface area contributed by atoms with Crippen LogP contribution in [0.2, 0.25) is 5.02 Å². The molecule has 0 N–H and O–H groups in total. The van der Waals surface area contributed by atoms with E-state index >= 15 is 0 Å². The Hall–Kier alpha value is -3.37. The van der Waals surface area contributed by atoms with Crippen molar-refractivity contribution in [3.63, 3.8) is 0 Å². The van der Waals surface area contributed by atoms with Gasteiger partial charge in [0.25, 0.3) is 0 Å². The Morgan fingerprint density at radius 2 is 1.50 bits per heavy atom. The molecule has 0 aromatic heterocycles. The number of halogens is 1. The zero-order valence-corrected chi connectivity index (χ0v) is 17.1. The van der Waals surface area contributed by atoms with E-state index in [-0.39, 0.29) is 17.1 Å². The van der Waals surface area contributed by atoms with E-state index in [2.05, 4.69) is 0 Å². The second-order valence-corrected chi connectivity index (χ2v) is 7.19. The average Bonchev–Trinajstić information content (AvgIpc) is 2.99. The van der Waals surface area contributed by atoms with Crippen LogP contribution in [-0.2, 0) is 6.61 Å². The zero-order chi connectivity index (χ0) is 21.1. The van der Waals surface area contributed by atoms with Gasteiger partial charge in [-0.05, 0) is 36.8 Å². The lowest BCUT2D eigenvalue weighted by atomic mass is 10.1. The lowest BCUT2D eigenvalue weighted by Gasteiger charge is -2.13. The molecule has 0 spiro atoms. The molecule has 0 saturated carbocycles. The normalized spacial score (nSPS) is 12.7. The van der Waals surface area contributed by atoms with Gasteiger partial charge in [0.05, 0.1) is 12.2 Å². The number of rotatable bonds is 6. The summed E-state index contributed by atoms with van der Waals surface area (Å²) in [5.41, 5.74) is 2.60. The first-order chi connectivity index (χ1) is 14.6. The standard InChI is InChI=1S/C25H19ClO4/c1-2-29-23-14-16(11-12-22(23)30-15-17-7-3-6-10-21(17)26)13-20-24(27)18-8-4-5-9-19(18)25(20)28/h3-14H,2,15H2,1H3. The van der Waals surface area contributed by atoms with Crippen molar-refractivity contribution in [1.82, 2.24) is 0 Å².